The Morgan fingerprint density at radius 3 is 2.53 bits per heavy atom. The van der Waals surface area contributed by atoms with Gasteiger partial charge >= 0.3 is 0 Å². The Labute approximate surface area is 122 Å². The summed E-state index contributed by atoms with van der Waals surface area (Å²) in [7, 11) is 2.10. The molecular weight excluding hydrogens is 252 g/mol. The zero-order valence-electron chi connectivity index (χ0n) is 13.2. The Morgan fingerprint density at radius 2 is 2.05 bits per heavy atom. The van der Waals surface area contributed by atoms with Crippen molar-refractivity contribution in [2.24, 2.45) is 11.8 Å². The molecule has 1 aliphatic rings. The van der Waals surface area contributed by atoms with Crippen LogP contribution >= 0.6 is 11.3 Å². The van der Waals surface area contributed by atoms with Crippen molar-refractivity contribution in [3.63, 3.8) is 0 Å². The van der Waals surface area contributed by atoms with Crippen molar-refractivity contribution in [2.75, 3.05) is 7.05 Å². The van der Waals surface area contributed by atoms with Crippen molar-refractivity contribution >= 4 is 11.3 Å². The van der Waals surface area contributed by atoms with Crippen molar-refractivity contribution in [1.29, 1.82) is 0 Å². The fourth-order valence-electron chi connectivity index (χ4n) is 3.26. The lowest BCUT2D eigenvalue weighted by atomic mass is 9.70. The van der Waals surface area contributed by atoms with Crippen LogP contribution in [0.15, 0.2) is 5.38 Å². The van der Waals surface area contributed by atoms with Crippen LogP contribution in [0.1, 0.15) is 64.6 Å². The van der Waals surface area contributed by atoms with Crippen LogP contribution in [0.2, 0.25) is 0 Å². The third-order valence-corrected chi connectivity index (χ3v) is 5.75. The standard InChI is InChI=1S/C16H28N2S/c1-11-7-8-16(17-6,12(2)9-11)14-18-13(10-19-14)15(3,4)5/h10-12,17H,7-9H2,1-6H3. The third kappa shape index (κ3) is 2.73. The lowest BCUT2D eigenvalue weighted by molar-refractivity contribution is 0.130. The molecule has 1 aliphatic carbocycles. The maximum Gasteiger partial charge on any atom is 0.113 e. The number of rotatable bonds is 2. The first kappa shape index (κ1) is 15.0. The van der Waals surface area contributed by atoms with Gasteiger partial charge in [0, 0.05) is 10.8 Å². The van der Waals surface area contributed by atoms with Crippen LogP contribution in [0, 0.1) is 11.8 Å². The first-order valence-corrected chi connectivity index (χ1v) is 8.33. The summed E-state index contributed by atoms with van der Waals surface area (Å²) in [4.78, 5) is 4.98. The summed E-state index contributed by atoms with van der Waals surface area (Å²) in [6.07, 6.45) is 3.81. The molecule has 3 heteroatoms. The fourth-order valence-corrected chi connectivity index (χ4v) is 4.66. The zero-order valence-corrected chi connectivity index (χ0v) is 14.0. The molecule has 0 aliphatic heterocycles. The van der Waals surface area contributed by atoms with Gasteiger partial charge in [-0.25, -0.2) is 4.98 Å². The highest BCUT2D eigenvalue weighted by molar-refractivity contribution is 7.09. The van der Waals surface area contributed by atoms with Crippen LogP contribution in [0.25, 0.3) is 0 Å². The van der Waals surface area contributed by atoms with Crippen LogP contribution in [-0.2, 0) is 11.0 Å². The van der Waals surface area contributed by atoms with Crippen LogP contribution in [0.4, 0.5) is 0 Å². The second-order valence-electron chi connectivity index (χ2n) is 7.29. The summed E-state index contributed by atoms with van der Waals surface area (Å²) in [5.74, 6) is 1.50. The van der Waals surface area contributed by atoms with Crippen LogP contribution in [0.3, 0.4) is 0 Å². The Morgan fingerprint density at radius 1 is 1.37 bits per heavy atom. The quantitative estimate of drug-likeness (QED) is 0.873. The SMILES string of the molecule is CNC1(c2nc(C(C)(C)C)cs2)CCC(C)CC1C. The van der Waals surface area contributed by atoms with Crippen LogP contribution < -0.4 is 5.32 Å². The molecule has 108 valence electrons. The predicted molar refractivity (Wildman–Crippen MR) is 83.7 cm³/mol. The molecule has 0 saturated heterocycles. The second-order valence-corrected chi connectivity index (χ2v) is 8.15. The average Bonchev–Trinajstić information content (AvgIpc) is 2.79. The molecule has 1 aromatic rings. The van der Waals surface area contributed by atoms with E-state index >= 15 is 0 Å². The molecular formula is C16H28N2S. The molecule has 3 atom stereocenters. The molecule has 1 heterocycles. The topological polar surface area (TPSA) is 24.9 Å². The maximum atomic E-state index is 4.98. The highest BCUT2D eigenvalue weighted by Gasteiger charge is 2.43. The first-order valence-electron chi connectivity index (χ1n) is 7.45. The Balaban J connectivity index is 2.34. The van der Waals surface area contributed by atoms with E-state index in [4.69, 9.17) is 4.98 Å². The van der Waals surface area contributed by atoms with Crippen molar-refractivity contribution in [1.82, 2.24) is 10.3 Å². The van der Waals surface area contributed by atoms with Gasteiger partial charge in [-0.1, -0.05) is 34.6 Å². The van der Waals surface area contributed by atoms with E-state index in [1.54, 1.807) is 0 Å². The van der Waals surface area contributed by atoms with E-state index in [2.05, 4.69) is 52.4 Å². The maximum absolute atomic E-state index is 4.98. The largest absolute Gasteiger partial charge is 0.308 e. The van der Waals surface area contributed by atoms with E-state index in [9.17, 15) is 0 Å². The molecule has 1 N–H and O–H groups in total. The summed E-state index contributed by atoms with van der Waals surface area (Å²) >= 11 is 1.84. The van der Waals surface area contributed by atoms with E-state index in [0.717, 1.165) is 5.92 Å². The highest BCUT2D eigenvalue weighted by Crippen LogP contribution is 2.45. The van der Waals surface area contributed by atoms with Gasteiger partial charge in [-0.3, -0.25) is 0 Å². The lowest BCUT2D eigenvalue weighted by Gasteiger charge is -2.43. The number of hydrogen-bond donors (Lipinski definition) is 1. The van der Waals surface area contributed by atoms with Gasteiger partial charge in [0.25, 0.3) is 0 Å². The van der Waals surface area contributed by atoms with Crippen molar-refractivity contribution in [2.45, 2.75) is 64.8 Å². The van der Waals surface area contributed by atoms with E-state index in [1.807, 2.05) is 11.3 Å². The van der Waals surface area contributed by atoms with Gasteiger partial charge in [0.15, 0.2) is 0 Å². The number of nitrogens with zero attached hydrogens (tertiary/aromatic N) is 1. The average molecular weight is 280 g/mol. The Kier molecular flexibility index (Phi) is 4.08. The van der Waals surface area contributed by atoms with Crippen LogP contribution in [0.5, 0.6) is 0 Å². The van der Waals surface area contributed by atoms with E-state index < -0.39 is 0 Å². The summed E-state index contributed by atoms with van der Waals surface area (Å²) in [5.41, 5.74) is 1.48. The molecule has 2 nitrogen and oxygen atoms in total. The molecule has 19 heavy (non-hydrogen) atoms. The monoisotopic (exact) mass is 280 g/mol. The highest BCUT2D eigenvalue weighted by atomic mass is 32.1. The summed E-state index contributed by atoms with van der Waals surface area (Å²) < 4.78 is 0. The van der Waals surface area contributed by atoms with E-state index in [-0.39, 0.29) is 11.0 Å². The minimum Gasteiger partial charge on any atom is -0.308 e. The molecule has 0 spiro atoms. The molecule has 0 bridgehead atoms. The fraction of sp³-hybridized carbons (Fsp3) is 0.812. The van der Waals surface area contributed by atoms with Gasteiger partial charge in [-0.15, -0.1) is 11.3 Å². The van der Waals surface area contributed by atoms with Gasteiger partial charge < -0.3 is 5.32 Å². The molecule has 3 unspecified atom stereocenters. The minimum atomic E-state index is 0.0979. The molecule has 2 rings (SSSR count). The van der Waals surface area contributed by atoms with Crippen molar-refractivity contribution in [3.8, 4) is 0 Å². The summed E-state index contributed by atoms with van der Waals surface area (Å²) in [6.45, 7) is 11.5. The minimum absolute atomic E-state index is 0.0979. The summed E-state index contributed by atoms with van der Waals surface area (Å²) in [5, 5.41) is 7.16. The number of aromatic nitrogens is 1. The second kappa shape index (κ2) is 5.17. The molecule has 0 radical (unpaired) electrons. The third-order valence-electron chi connectivity index (χ3n) is 4.73. The number of thiazole rings is 1. The van der Waals surface area contributed by atoms with Gasteiger partial charge in [-0.05, 0) is 38.1 Å². The molecule has 1 fully saturated rings. The van der Waals surface area contributed by atoms with Gasteiger partial charge in [0.2, 0.25) is 0 Å². The van der Waals surface area contributed by atoms with Gasteiger partial charge in [-0.2, -0.15) is 0 Å². The van der Waals surface area contributed by atoms with E-state index in [1.165, 1.54) is 30.0 Å². The van der Waals surface area contributed by atoms with Crippen molar-refractivity contribution < 1.29 is 0 Å². The normalized spacial score (nSPS) is 32.5. The smallest absolute Gasteiger partial charge is 0.113 e. The number of hydrogen-bond acceptors (Lipinski definition) is 3. The van der Waals surface area contributed by atoms with Gasteiger partial charge in [0.05, 0.1) is 11.2 Å². The zero-order chi connectivity index (χ0) is 14.3. The molecule has 1 aromatic heterocycles. The molecule has 1 saturated carbocycles. The molecule has 0 aromatic carbocycles. The van der Waals surface area contributed by atoms with Gasteiger partial charge in [0.1, 0.15) is 5.01 Å². The Hall–Kier alpha value is -0.410. The molecule has 0 amide bonds. The Bertz CT molecular complexity index is 432. The van der Waals surface area contributed by atoms with Crippen LogP contribution in [-0.4, -0.2) is 12.0 Å². The van der Waals surface area contributed by atoms with Crippen molar-refractivity contribution in [3.05, 3.63) is 16.1 Å². The summed E-state index contributed by atoms with van der Waals surface area (Å²) in [6, 6.07) is 0. The van der Waals surface area contributed by atoms with E-state index in [0.29, 0.717) is 5.92 Å². The first-order chi connectivity index (χ1) is 8.79. The lowest BCUT2D eigenvalue weighted by Crippen LogP contribution is -2.48. The predicted octanol–water partition coefficient (Wildman–Crippen LogP) is 4.31. The number of nitrogens with one attached hydrogen (secondary N) is 1.